The number of rotatable bonds is 8. The van der Waals surface area contributed by atoms with Gasteiger partial charge in [0.2, 0.25) is 11.8 Å². The number of hydrazone groups is 1. The summed E-state index contributed by atoms with van der Waals surface area (Å²) in [5.41, 5.74) is 2.38. The number of ether oxygens (including phenoxy) is 1. The second kappa shape index (κ2) is 12.9. The van der Waals surface area contributed by atoms with Gasteiger partial charge in [0.05, 0.1) is 19.2 Å². The van der Waals surface area contributed by atoms with Crippen LogP contribution >= 0.6 is 0 Å². The molecule has 0 saturated carbocycles. The number of hydrogen-bond donors (Lipinski definition) is 2. The summed E-state index contributed by atoms with van der Waals surface area (Å²) in [5.74, 6) is 9.83. The Balaban J connectivity index is 1.65. The predicted octanol–water partition coefficient (Wildman–Crippen LogP) is 2.60. The molecule has 1 aliphatic heterocycles. The minimum Gasteiger partial charge on any atom is -0.466 e. The lowest BCUT2D eigenvalue weighted by atomic mass is 9.92. The van der Waals surface area contributed by atoms with E-state index >= 15 is 0 Å². The monoisotopic (exact) mass is 474 g/mol. The van der Waals surface area contributed by atoms with Crippen molar-refractivity contribution in [2.75, 3.05) is 18.1 Å². The van der Waals surface area contributed by atoms with Crippen molar-refractivity contribution in [1.29, 1.82) is 0 Å². The summed E-state index contributed by atoms with van der Waals surface area (Å²) < 4.78 is 5.03. The molecular weight excluding hydrogens is 444 g/mol. The number of anilines is 1. The average Bonchev–Trinajstić information content (AvgIpc) is 2.85. The Bertz CT molecular complexity index is 1100. The van der Waals surface area contributed by atoms with E-state index in [0.717, 1.165) is 23.2 Å². The zero-order chi connectivity index (χ0) is 25.0. The van der Waals surface area contributed by atoms with Crippen molar-refractivity contribution in [3.05, 3.63) is 65.7 Å². The summed E-state index contributed by atoms with van der Waals surface area (Å²) in [7, 11) is 0. The van der Waals surface area contributed by atoms with Gasteiger partial charge in [-0.15, -0.1) is 0 Å². The Kier molecular flexibility index (Phi) is 9.43. The summed E-state index contributed by atoms with van der Waals surface area (Å²) in [6.07, 6.45) is 2.90. The lowest BCUT2D eigenvalue weighted by Crippen LogP contribution is -2.44. The third kappa shape index (κ3) is 7.71. The Hall–Kier alpha value is -4.12. The molecule has 1 saturated heterocycles. The normalized spacial score (nSPS) is 16.3. The molecule has 2 amide bonds. The van der Waals surface area contributed by atoms with Gasteiger partial charge in [0.15, 0.2) is 0 Å². The molecule has 2 unspecified atom stereocenters. The molecule has 1 heterocycles. The van der Waals surface area contributed by atoms with E-state index in [2.05, 4.69) is 22.3 Å². The first kappa shape index (κ1) is 25.5. The SMILES string of the molecule is CCOC(=O)CC(C#Cc1ccccc1)NC(=O)CC1CCCN(c2ccc(C=NN)cc2)C1=O. The fourth-order valence-electron chi connectivity index (χ4n) is 3.92. The Labute approximate surface area is 205 Å². The number of amides is 2. The highest BCUT2D eigenvalue weighted by Gasteiger charge is 2.31. The van der Waals surface area contributed by atoms with E-state index in [1.54, 1.807) is 11.8 Å². The molecule has 1 aliphatic rings. The highest BCUT2D eigenvalue weighted by molar-refractivity contribution is 5.98. The van der Waals surface area contributed by atoms with Crippen molar-refractivity contribution < 1.29 is 19.1 Å². The fraction of sp³-hybridized carbons (Fsp3) is 0.333. The van der Waals surface area contributed by atoms with E-state index in [1.165, 1.54) is 6.21 Å². The third-order valence-electron chi connectivity index (χ3n) is 5.59. The summed E-state index contributed by atoms with van der Waals surface area (Å²) in [6, 6.07) is 15.9. The number of piperidine rings is 1. The molecule has 0 aliphatic carbocycles. The second-order valence-corrected chi connectivity index (χ2v) is 8.17. The predicted molar refractivity (Wildman–Crippen MR) is 134 cm³/mol. The summed E-state index contributed by atoms with van der Waals surface area (Å²) in [5, 5.41) is 6.31. The average molecular weight is 475 g/mol. The van der Waals surface area contributed by atoms with E-state index in [-0.39, 0.29) is 31.3 Å². The molecule has 182 valence electrons. The van der Waals surface area contributed by atoms with Crippen LogP contribution < -0.4 is 16.1 Å². The van der Waals surface area contributed by atoms with E-state index in [4.69, 9.17) is 10.6 Å². The van der Waals surface area contributed by atoms with Crippen molar-refractivity contribution >= 4 is 29.7 Å². The smallest absolute Gasteiger partial charge is 0.308 e. The molecular formula is C27H30N4O4. The van der Waals surface area contributed by atoms with Gasteiger partial charge in [-0.1, -0.05) is 42.2 Å². The number of nitrogens with one attached hydrogen (secondary N) is 1. The molecule has 2 aromatic rings. The first-order chi connectivity index (χ1) is 17.0. The van der Waals surface area contributed by atoms with Crippen LogP contribution in [0.2, 0.25) is 0 Å². The van der Waals surface area contributed by atoms with Crippen LogP contribution in [-0.2, 0) is 19.1 Å². The topological polar surface area (TPSA) is 114 Å². The number of esters is 1. The van der Waals surface area contributed by atoms with Gasteiger partial charge in [-0.2, -0.15) is 5.10 Å². The largest absolute Gasteiger partial charge is 0.466 e. The van der Waals surface area contributed by atoms with E-state index in [1.807, 2.05) is 54.6 Å². The van der Waals surface area contributed by atoms with Crippen molar-refractivity contribution in [2.24, 2.45) is 16.9 Å². The van der Waals surface area contributed by atoms with Crippen LogP contribution in [0.3, 0.4) is 0 Å². The van der Waals surface area contributed by atoms with Crippen LogP contribution in [0.1, 0.15) is 43.7 Å². The summed E-state index contributed by atoms with van der Waals surface area (Å²) in [4.78, 5) is 39.7. The van der Waals surface area contributed by atoms with Crippen LogP contribution in [-0.4, -0.2) is 43.2 Å². The van der Waals surface area contributed by atoms with Crippen LogP contribution in [0, 0.1) is 17.8 Å². The second-order valence-electron chi connectivity index (χ2n) is 8.17. The van der Waals surface area contributed by atoms with Gasteiger partial charge in [-0.3, -0.25) is 14.4 Å². The van der Waals surface area contributed by atoms with Crippen LogP contribution in [0.15, 0.2) is 59.7 Å². The number of nitrogens with two attached hydrogens (primary N) is 1. The number of benzene rings is 2. The number of hydrogen-bond acceptors (Lipinski definition) is 6. The first-order valence-electron chi connectivity index (χ1n) is 11.7. The molecule has 35 heavy (non-hydrogen) atoms. The summed E-state index contributed by atoms with van der Waals surface area (Å²) >= 11 is 0. The number of carbonyl (C=O) groups is 3. The molecule has 3 rings (SSSR count). The van der Waals surface area contributed by atoms with Gasteiger partial charge in [-0.05, 0) is 49.6 Å². The number of carbonyl (C=O) groups excluding carboxylic acids is 3. The zero-order valence-electron chi connectivity index (χ0n) is 19.8. The standard InChI is InChI=1S/C27H30N4O4/c1-2-35-26(33)18-23(13-10-20-7-4-3-5-8-20)30-25(32)17-22-9-6-16-31(27(22)34)24-14-11-21(12-15-24)19-29-28/h3-5,7-8,11-12,14-15,19,22-23H,2,6,9,16-18,28H2,1H3,(H,30,32). The third-order valence-corrected chi connectivity index (χ3v) is 5.59. The van der Waals surface area contributed by atoms with Crippen molar-refractivity contribution in [2.45, 2.75) is 38.6 Å². The number of nitrogens with zero attached hydrogens (tertiary/aromatic N) is 2. The van der Waals surface area contributed by atoms with Crippen molar-refractivity contribution in [3.8, 4) is 11.8 Å². The van der Waals surface area contributed by atoms with Crippen molar-refractivity contribution in [1.82, 2.24) is 5.32 Å². The van der Waals surface area contributed by atoms with Gasteiger partial charge in [0.25, 0.3) is 0 Å². The van der Waals surface area contributed by atoms with Crippen molar-refractivity contribution in [3.63, 3.8) is 0 Å². The molecule has 2 aromatic carbocycles. The zero-order valence-corrected chi connectivity index (χ0v) is 19.8. The maximum absolute atomic E-state index is 13.1. The van der Waals surface area contributed by atoms with E-state index < -0.39 is 17.9 Å². The lowest BCUT2D eigenvalue weighted by molar-refractivity contribution is -0.143. The maximum atomic E-state index is 13.1. The molecule has 8 nitrogen and oxygen atoms in total. The fourth-order valence-corrected chi connectivity index (χ4v) is 3.92. The molecule has 8 heteroatoms. The quantitative estimate of drug-likeness (QED) is 0.201. The Morgan fingerprint density at radius 1 is 1.23 bits per heavy atom. The molecule has 0 bridgehead atoms. The summed E-state index contributed by atoms with van der Waals surface area (Å²) in [6.45, 7) is 2.56. The van der Waals surface area contributed by atoms with Crippen LogP contribution in [0.5, 0.6) is 0 Å². The van der Waals surface area contributed by atoms with Crippen LogP contribution in [0.4, 0.5) is 5.69 Å². The molecule has 3 N–H and O–H groups in total. The Morgan fingerprint density at radius 3 is 2.66 bits per heavy atom. The highest BCUT2D eigenvalue weighted by Crippen LogP contribution is 2.26. The minimum absolute atomic E-state index is 0.0274. The molecule has 2 atom stereocenters. The van der Waals surface area contributed by atoms with E-state index in [9.17, 15) is 14.4 Å². The van der Waals surface area contributed by atoms with Crippen LogP contribution in [0.25, 0.3) is 0 Å². The minimum atomic E-state index is -0.715. The molecule has 0 aromatic heterocycles. The van der Waals surface area contributed by atoms with Gasteiger partial charge < -0.3 is 20.8 Å². The lowest BCUT2D eigenvalue weighted by Gasteiger charge is -2.32. The first-order valence-corrected chi connectivity index (χ1v) is 11.7. The Morgan fingerprint density at radius 2 is 1.97 bits per heavy atom. The van der Waals surface area contributed by atoms with E-state index in [0.29, 0.717) is 13.0 Å². The van der Waals surface area contributed by atoms with Gasteiger partial charge in [0.1, 0.15) is 6.04 Å². The van der Waals surface area contributed by atoms with Gasteiger partial charge >= 0.3 is 5.97 Å². The van der Waals surface area contributed by atoms with Gasteiger partial charge in [0, 0.05) is 30.1 Å². The molecule has 0 radical (unpaired) electrons. The maximum Gasteiger partial charge on any atom is 0.308 e. The molecule has 1 fully saturated rings. The highest BCUT2D eigenvalue weighted by atomic mass is 16.5. The molecule has 0 spiro atoms. The van der Waals surface area contributed by atoms with Gasteiger partial charge in [-0.25, -0.2) is 0 Å².